The molecule has 3 rings (SSSR count). The van der Waals surface area contributed by atoms with Gasteiger partial charge in [-0.1, -0.05) is 37.1 Å². The van der Waals surface area contributed by atoms with Crippen molar-refractivity contribution in [2.24, 2.45) is 0 Å². The van der Waals surface area contributed by atoms with E-state index in [1.54, 1.807) is 6.08 Å². The van der Waals surface area contributed by atoms with Crippen LogP contribution in [0.25, 0.3) is 0 Å². The maximum Gasteiger partial charge on any atom is 0.168 e. The first-order valence-corrected chi connectivity index (χ1v) is 9.31. The van der Waals surface area contributed by atoms with Gasteiger partial charge in [0.15, 0.2) is 11.6 Å². The molecule has 132 valence electrons. The molecule has 0 bridgehead atoms. The highest BCUT2D eigenvalue weighted by Crippen LogP contribution is 2.49. The van der Waals surface area contributed by atoms with Crippen LogP contribution in [-0.2, 0) is 6.42 Å². The van der Waals surface area contributed by atoms with Crippen molar-refractivity contribution in [2.45, 2.75) is 77.6 Å². The molecule has 0 aromatic heterocycles. The molecule has 1 unspecified atom stereocenters. The molecule has 1 atom stereocenters. The zero-order chi connectivity index (χ0) is 17.7. The first kappa shape index (κ1) is 18.8. The van der Waals surface area contributed by atoms with Crippen LogP contribution < -0.4 is 0 Å². The Morgan fingerprint density at radius 1 is 1.33 bits per heavy atom. The minimum atomic E-state index is -0.382. The largest absolute Gasteiger partial charge is 0.505 e. The van der Waals surface area contributed by atoms with E-state index in [-0.39, 0.29) is 17.5 Å². The van der Waals surface area contributed by atoms with Crippen molar-refractivity contribution < 1.29 is 9.50 Å². The topological polar surface area (TPSA) is 20.2 Å². The van der Waals surface area contributed by atoms with Crippen LogP contribution in [0.3, 0.4) is 0 Å². The highest BCUT2D eigenvalue weighted by molar-refractivity contribution is 5.51. The molecule has 1 nitrogen and oxygen atoms in total. The maximum absolute atomic E-state index is 14.5. The fraction of sp³-hybridized carbons (Fsp3) is 0.545. The highest BCUT2D eigenvalue weighted by atomic mass is 19.1. The minimum absolute atomic E-state index is 0.0706. The number of aryl methyl sites for hydroxylation is 1. The van der Waals surface area contributed by atoms with Crippen LogP contribution in [0.5, 0.6) is 5.75 Å². The third kappa shape index (κ3) is 4.28. The predicted molar refractivity (Wildman–Crippen MR) is 100 cm³/mol. The Balaban J connectivity index is 0.000000647. The number of rotatable bonds is 4. The van der Waals surface area contributed by atoms with Gasteiger partial charge in [-0.2, -0.15) is 0 Å². The Bertz CT molecular complexity index is 611. The number of hydrogen-bond donors (Lipinski definition) is 1. The average molecular weight is 330 g/mol. The van der Waals surface area contributed by atoms with Gasteiger partial charge in [-0.05, 0) is 69.4 Å². The van der Waals surface area contributed by atoms with Crippen molar-refractivity contribution in [3.05, 3.63) is 52.9 Å². The van der Waals surface area contributed by atoms with Gasteiger partial charge in [-0.3, -0.25) is 0 Å². The van der Waals surface area contributed by atoms with Gasteiger partial charge in [0.2, 0.25) is 0 Å². The molecular formula is C22H31FO. The maximum atomic E-state index is 14.5. The molecule has 2 aliphatic rings. The lowest BCUT2D eigenvalue weighted by atomic mass is 9.81. The number of phenolic OH excluding ortho intramolecular Hbond substituents is 1. The molecule has 1 aromatic carbocycles. The third-order valence-corrected chi connectivity index (χ3v) is 4.86. The monoisotopic (exact) mass is 330 g/mol. The van der Waals surface area contributed by atoms with E-state index in [1.165, 1.54) is 24.0 Å². The molecule has 0 spiro atoms. The summed E-state index contributed by atoms with van der Waals surface area (Å²) in [6.45, 7) is 9.44. The normalized spacial score (nSPS) is 20.0. The molecule has 0 saturated heterocycles. The number of aromatic hydroxyl groups is 1. The fourth-order valence-electron chi connectivity index (χ4n) is 3.65. The number of benzene rings is 1. The van der Waals surface area contributed by atoms with Crippen LogP contribution in [0.1, 0.15) is 87.8 Å². The first-order chi connectivity index (χ1) is 11.5. The van der Waals surface area contributed by atoms with Crippen molar-refractivity contribution in [3.8, 4) is 5.75 Å². The van der Waals surface area contributed by atoms with Crippen molar-refractivity contribution in [1.29, 1.82) is 0 Å². The summed E-state index contributed by atoms with van der Waals surface area (Å²) in [5.74, 6) is 0.281. The number of phenols is 1. The Morgan fingerprint density at radius 2 is 2.00 bits per heavy atom. The first-order valence-electron chi connectivity index (χ1n) is 9.31. The summed E-state index contributed by atoms with van der Waals surface area (Å²) < 4.78 is 14.5. The van der Waals surface area contributed by atoms with E-state index in [9.17, 15) is 9.50 Å². The van der Waals surface area contributed by atoms with Crippen LogP contribution in [-0.4, -0.2) is 5.11 Å². The smallest absolute Gasteiger partial charge is 0.168 e. The lowest BCUT2D eigenvalue weighted by Crippen LogP contribution is -2.08. The Hall–Kier alpha value is -1.57. The standard InChI is InChI=1S/C19H25FO.C3H6/c1-3-5-15-11-16(13-8-9-13)17(19(21)18(15)20)14-7-4-6-12(2)10-14;1-3-2/h10-11,13-14,21H,3-9H2,1-2H3;3H,1H2,2H3. The van der Waals surface area contributed by atoms with Gasteiger partial charge in [0.25, 0.3) is 0 Å². The summed E-state index contributed by atoms with van der Waals surface area (Å²) in [5.41, 5.74) is 4.16. The summed E-state index contributed by atoms with van der Waals surface area (Å²) in [6, 6.07) is 2.04. The quantitative estimate of drug-likeness (QED) is 0.604. The van der Waals surface area contributed by atoms with E-state index < -0.39 is 0 Å². The zero-order valence-corrected chi connectivity index (χ0v) is 15.4. The van der Waals surface area contributed by atoms with Crippen molar-refractivity contribution >= 4 is 0 Å². The average Bonchev–Trinajstić information content (AvgIpc) is 3.37. The van der Waals surface area contributed by atoms with Crippen molar-refractivity contribution in [3.63, 3.8) is 0 Å². The van der Waals surface area contributed by atoms with E-state index in [0.29, 0.717) is 17.9 Å². The second-order valence-electron chi connectivity index (χ2n) is 7.15. The summed E-state index contributed by atoms with van der Waals surface area (Å²) in [4.78, 5) is 0. The molecule has 0 radical (unpaired) electrons. The Kier molecular flexibility index (Phi) is 6.65. The number of allylic oxidation sites excluding steroid dienone is 3. The molecule has 2 heteroatoms. The minimum Gasteiger partial charge on any atom is -0.505 e. The zero-order valence-electron chi connectivity index (χ0n) is 15.4. The molecule has 1 aromatic rings. The summed E-state index contributed by atoms with van der Waals surface area (Å²) in [6.07, 6.45) is 11.3. The van der Waals surface area contributed by atoms with Crippen LogP contribution >= 0.6 is 0 Å². The predicted octanol–water partition coefficient (Wildman–Crippen LogP) is 6.77. The van der Waals surface area contributed by atoms with Gasteiger partial charge >= 0.3 is 0 Å². The molecule has 1 N–H and O–H groups in total. The van der Waals surface area contributed by atoms with Gasteiger partial charge in [-0.15, -0.1) is 6.58 Å². The molecule has 2 aliphatic carbocycles. The van der Waals surface area contributed by atoms with E-state index in [0.717, 1.165) is 31.2 Å². The fourth-order valence-corrected chi connectivity index (χ4v) is 3.65. The van der Waals surface area contributed by atoms with Gasteiger partial charge < -0.3 is 5.11 Å². The van der Waals surface area contributed by atoms with Crippen molar-refractivity contribution in [2.75, 3.05) is 0 Å². The third-order valence-electron chi connectivity index (χ3n) is 4.86. The SMILES string of the molecule is C=CC.CCCc1cc(C2CC2)c(C2C=C(C)CCC2)c(O)c1F. The summed E-state index contributed by atoms with van der Waals surface area (Å²) >= 11 is 0. The van der Waals surface area contributed by atoms with Crippen LogP contribution in [0.15, 0.2) is 30.4 Å². The molecule has 24 heavy (non-hydrogen) atoms. The van der Waals surface area contributed by atoms with E-state index >= 15 is 0 Å². The molecule has 1 saturated carbocycles. The molecule has 1 fully saturated rings. The van der Waals surface area contributed by atoms with E-state index in [2.05, 4.69) is 26.5 Å². The number of hydrogen-bond acceptors (Lipinski definition) is 1. The summed E-state index contributed by atoms with van der Waals surface area (Å²) in [5, 5.41) is 10.5. The Labute approximate surface area is 146 Å². The van der Waals surface area contributed by atoms with E-state index in [4.69, 9.17) is 0 Å². The molecule has 0 aliphatic heterocycles. The van der Waals surface area contributed by atoms with Gasteiger partial charge in [-0.25, -0.2) is 4.39 Å². The summed E-state index contributed by atoms with van der Waals surface area (Å²) in [7, 11) is 0. The number of halogens is 1. The van der Waals surface area contributed by atoms with Crippen LogP contribution in [0.2, 0.25) is 0 Å². The van der Waals surface area contributed by atoms with Gasteiger partial charge in [0, 0.05) is 11.5 Å². The van der Waals surface area contributed by atoms with Gasteiger partial charge in [0.05, 0.1) is 0 Å². The Morgan fingerprint density at radius 3 is 2.54 bits per heavy atom. The lowest BCUT2D eigenvalue weighted by molar-refractivity contribution is 0.415. The molecule has 0 amide bonds. The lowest BCUT2D eigenvalue weighted by Gasteiger charge is -2.24. The van der Waals surface area contributed by atoms with Crippen molar-refractivity contribution in [1.82, 2.24) is 0 Å². The van der Waals surface area contributed by atoms with E-state index in [1.807, 2.05) is 13.0 Å². The van der Waals surface area contributed by atoms with Crippen LogP contribution in [0.4, 0.5) is 4.39 Å². The molecular weight excluding hydrogens is 299 g/mol. The second-order valence-corrected chi connectivity index (χ2v) is 7.15. The molecule has 0 heterocycles. The van der Waals surface area contributed by atoms with Gasteiger partial charge in [0.1, 0.15) is 0 Å². The highest BCUT2D eigenvalue weighted by Gasteiger charge is 2.32. The van der Waals surface area contributed by atoms with Crippen LogP contribution in [0, 0.1) is 5.82 Å². The second kappa shape index (κ2) is 8.50.